The van der Waals surface area contributed by atoms with Gasteiger partial charge in [-0.2, -0.15) is 0 Å². The van der Waals surface area contributed by atoms with Crippen LogP contribution in [0.5, 0.6) is 11.5 Å². The molecule has 30 heavy (non-hydrogen) atoms. The standard InChI is InChI=1S/C23H33N3O4/c1-4-30-15-5-14-24-23(25-16-18-6-10-20(28-2)11-7-18)26-17-22(27)19-8-12-21(29-3)13-9-19/h6-13,22,27H,4-5,14-17H2,1-3H3,(H2,24,25,26). The molecular weight excluding hydrogens is 382 g/mol. The Balaban J connectivity index is 1.94. The molecule has 7 heteroatoms. The normalized spacial score (nSPS) is 12.3. The van der Waals surface area contributed by atoms with Gasteiger partial charge in [0, 0.05) is 26.3 Å². The second kappa shape index (κ2) is 13.5. The van der Waals surface area contributed by atoms with Gasteiger partial charge in [-0.05, 0) is 48.7 Å². The number of aliphatic hydroxyl groups excluding tert-OH is 1. The first-order chi connectivity index (χ1) is 14.7. The van der Waals surface area contributed by atoms with Gasteiger partial charge in [-0.25, -0.2) is 4.99 Å². The third kappa shape index (κ3) is 8.31. The summed E-state index contributed by atoms with van der Waals surface area (Å²) in [6, 6.07) is 15.2. The molecule has 164 valence electrons. The third-order valence-corrected chi connectivity index (χ3v) is 4.50. The van der Waals surface area contributed by atoms with Crippen LogP contribution in [-0.2, 0) is 11.3 Å². The Hall–Kier alpha value is -2.77. The largest absolute Gasteiger partial charge is 0.497 e. The van der Waals surface area contributed by atoms with Gasteiger partial charge in [0.15, 0.2) is 5.96 Å². The van der Waals surface area contributed by atoms with Gasteiger partial charge in [0.25, 0.3) is 0 Å². The van der Waals surface area contributed by atoms with Gasteiger partial charge in [0.2, 0.25) is 0 Å². The molecule has 0 aromatic heterocycles. The molecule has 0 spiro atoms. The number of aliphatic hydroxyl groups is 1. The van der Waals surface area contributed by atoms with Crippen LogP contribution in [0.25, 0.3) is 0 Å². The first kappa shape index (κ1) is 23.5. The lowest BCUT2D eigenvalue weighted by Crippen LogP contribution is -2.40. The van der Waals surface area contributed by atoms with Crippen LogP contribution in [0.2, 0.25) is 0 Å². The zero-order chi connectivity index (χ0) is 21.6. The van der Waals surface area contributed by atoms with E-state index in [4.69, 9.17) is 14.2 Å². The smallest absolute Gasteiger partial charge is 0.191 e. The Morgan fingerprint density at radius 3 is 2.20 bits per heavy atom. The van der Waals surface area contributed by atoms with Crippen molar-refractivity contribution in [2.75, 3.05) is 40.5 Å². The van der Waals surface area contributed by atoms with E-state index in [0.717, 1.165) is 35.6 Å². The molecule has 0 amide bonds. The van der Waals surface area contributed by atoms with Gasteiger partial charge in [-0.3, -0.25) is 0 Å². The Morgan fingerprint density at radius 2 is 1.60 bits per heavy atom. The minimum Gasteiger partial charge on any atom is -0.497 e. The predicted octanol–water partition coefficient (Wildman–Crippen LogP) is 2.90. The lowest BCUT2D eigenvalue weighted by molar-refractivity contribution is 0.145. The molecule has 3 N–H and O–H groups in total. The van der Waals surface area contributed by atoms with Gasteiger partial charge in [-0.15, -0.1) is 0 Å². The first-order valence-electron chi connectivity index (χ1n) is 10.2. The van der Waals surface area contributed by atoms with Crippen molar-refractivity contribution >= 4 is 5.96 Å². The molecule has 1 atom stereocenters. The highest BCUT2D eigenvalue weighted by Gasteiger charge is 2.09. The van der Waals surface area contributed by atoms with Crippen LogP contribution in [0.4, 0.5) is 0 Å². The number of ether oxygens (including phenoxy) is 3. The number of guanidine groups is 1. The van der Waals surface area contributed by atoms with Crippen molar-refractivity contribution < 1.29 is 19.3 Å². The Labute approximate surface area is 179 Å². The number of hydrogen-bond donors (Lipinski definition) is 3. The molecular formula is C23H33N3O4. The number of aliphatic imine (C=N–C) groups is 1. The summed E-state index contributed by atoms with van der Waals surface area (Å²) in [4.78, 5) is 4.64. The van der Waals surface area contributed by atoms with E-state index in [1.165, 1.54) is 0 Å². The molecule has 7 nitrogen and oxygen atoms in total. The number of rotatable bonds is 12. The number of hydrogen-bond acceptors (Lipinski definition) is 5. The van der Waals surface area contributed by atoms with Crippen LogP contribution in [-0.4, -0.2) is 51.6 Å². The monoisotopic (exact) mass is 415 g/mol. The molecule has 0 heterocycles. The SMILES string of the molecule is CCOCCCNC(=NCc1ccc(OC)cc1)NCC(O)c1ccc(OC)cc1. The molecule has 1 unspecified atom stereocenters. The van der Waals surface area contributed by atoms with Crippen molar-refractivity contribution in [2.24, 2.45) is 4.99 Å². The topological polar surface area (TPSA) is 84.3 Å². The number of methoxy groups -OCH3 is 2. The lowest BCUT2D eigenvalue weighted by Gasteiger charge is -2.16. The van der Waals surface area contributed by atoms with E-state index in [1.54, 1.807) is 14.2 Å². The average molecular weight is 416 g/mol. The second-order valence-corrected chi connectivity index (χ2v) is 6.66. The maximum atomic E-state index is 10.5. The van der Waals surface area contributed by atoms with Crippen LogP contribution in [0.15, 0.2) is 53.5 Å². The Bertz CT molecular complexity index is 748. The summed E-state index contributed by atoms with van der Waals surface area (Å²) in [6.45, 7) is 4.98. The van der Waals surface area contributed by atoms with Crippen LogP contribution < -0.4 is 20.1 Å². The van der Waals surface area contributed by atoms with E-state index < -0.39 is 6.10 Å². The van der Waals surface area contributed by atoms with Crippen LogP contribution >= 0.6 is 0 Å². The van der Waals surface area contributed by atoms with E-state index in [0.29, 0.717) is 32.3 Å². The summed E-state index contributed by atoms with van der Waals surface area (Å²) in [5.41, 5.74) is 1.89. The van der Waals surface area contributed by atoms with Crippen molar-refractivity contribution in [3.8, 4) is 11.5 Å². The highest BCUT2D eigenvalue weighted by Crippen LogP contribution is 2.17. The van der Waals surface area contributed by atoms with E-state index in [-0.39, 0.29) is 0 Å². The van der Waals surface area contributed by atoms with E-state index >= 15 is 0 Å². The molecule has 0 fully saturated rings. The first-order valence-corrected chi connectivity index (χ1v) is 10.2. The number of benzene rings is 2. The second-order valence-electron chi connectivity index (χ2n) is 6.66. The fourth-order valence-corrected chi connectivity index (χ4v) is 2.74. The molecule has 0 aliphatic rings. The molecule has 0 aliphatic carbocycles. The summed E-state index contributed by atoms with van der Waals surface area (Å²) in [6.07, 6.45) is 0.213. The fourth-order valence-electron chi connectivity index (χ4n) is 2.74. The molecule has 2 aromatic rings. The molecule has 2 rings (SSSR count). The predicted molar refractivity (Wildman–Crippen MR) is 119 cm³/mol. The van der Waals surface area contributed by atoms with E-state index in [2.05, 4.69) is 15.6 Å². The summed E-state index contributed by atoms with van der Waals surface area (Å²) in [7, 11) is 3.27. The van der Waals surface area contributed by atoms with Crippen LogP contribution in [0.1, 0.15) is 30.6 Å². The van der Waals surface area contributed by atoms with Crippen molar-refractivity contribution in [1.29, 1.82) is 0 Å². The molecule has 0 radical (unpaired) electrons. The van der Waals surface area contributed by atoms with Crippen LogP contribution in [0, 0.1) is 0 Å². The molecule has 0 saturated carbocycles. The molecule has 0 bridgehead atoms. The molecule has 2 aromatic carbocycles. The summed E-state index contributed by atoms with van der Waals surface area (Å²) in [5.74, 6) is 2.23. The quantitative estimate of drug-likeness (QED) is 0.281. The zero-order valence-corrected chi connectivity index (χ0v) is 18.1. The Morgan fingerprint density at radius 1 is 0.967 bits per heavy atom. The van der Waals surface area contributed by atoms with Gasteiger partial charge in [-0.1, -0.05) is 24.3 Å². The Kier molecular flexibility index (Phi) is 10.5. The van der Waals surface area contributed by atoms with Crippen molar-refractivity contribution in [3.63, 3.8) is 0 Å². The van der Waals surface area contributed by atoms with Gasteiger partial charge < -0.3 is 30.0 Å². The van der Waals surface area contributed by atoms with E-state index in [1.807, 2.05) is 55.5 Å². The maximum absolute atomic E-state index is 10.5. The lowest BCUT2D eigenvalue weighted by atomic mass is 10.1. The van der Waals surface area contributed by atoms with Gasteiger partial charge in [0.05, 0.1) is 26.9 Å². The summed E-state index contributed by atoms with van der Waals surface area (Å²) >= 11 is 0. The average Bonchev–Trinajstić information content (AvgIpc) is 2.80. The van der Waals surface area contributed by atoms with Gasteiger partial charge in [0.1, 0.15) is 11.5 Å². The fraction of sp³-hybridized carbons (Fsp3) is 0.435. The van der Waals surface area contributed by atoms with Crippen molar-refractivity contribution in [1.82, 2.24) is 10.6 Å². The van der Waals surface area contributed by atoms with Crippen molar-refractivity contribution in [2.45, 2.75) is 26.0 Å². The summed E-state index contributed by atoms with van der Waals surface area (Å²) < 4.78 is 15.7. The van der Waals surface area contributed by atoms with Gasteiger partial charge >= 0.3 is 0 Å². The molecule has 0 saturated heterocycles. The van der Waals surface area contributed by atoms with Crippen molar-refractivity contribution in [3.05, 3.63) is 59.7 Å². The zero-order valence-electron chi connectivity index (χ0n) is 18.1. The summed E-state index contributed by atoms with van der Waals surface area (Å²) in [5, 5.41) is 17.0. The number of nitrogens with one attached hydrogen (secondary N) is 2. The highest BCUT2D eigenvalue weighted by molar-refractivity contribution is 5.79. The molecule has 0 aliphatic heterocycles. The highest BCUT2D eigenvalue weighted by atomic mass is 16.5. The third-order valence-electron chi connectivity index (χ3n) is 4.50. The minimum atomic E-state index is -0.660. The maximum Gasteiger partial charge on any atom is 0.191 e. The van der Waals surface area contributed by atoms with E-state index in [9.17, 15) is 5.11 Å². The van der Waals surface area contributed by atoms with Crippen LogP contribution in [0.3, 0.4) is 0 Å². The minimum absolute atomic E-state index is 0.340. The number of nitrogens with zero attached hydrogens (tertiary/aromatic N) is 1.